The van der Waals surface area contributed by atoms with E-state index < -0.39 is 0 Å². The van der Waals surface area contributed by atoms with Crippen LogP contribution >= 0.6 is 0 Å². The topological polar surface area (TPSA) is 60.4 Å². The molecule has 0 unspecified atom stereocenters. The fourth-order valence-corrected chi connectivity index (χ4v) is 1.56. The summed E-state index contributed by atoms with van der Waals surface area (Å²) in [7, 11) is 0. The van der Waals surface area contributed by atoms with Crippen LogP contribution in [0.1, 0.15) is 13.8 Å². The van der Waals surface area contributed by atoms with Crippen LogP contribution in [0.5, 0.6) is 0 Å². The number of ether oxygens (including phenoxy) is 4. The largest absolute Gasteiger partial charge is 0.394 e. The highest BCUT2D eigenvalue weighted by Gasteiger charge is 1.98. The summed E-state index contributed by atoms with van der Waals surface area (Å²) in [6, 6.07) is 0. The van der Waals surface area contributed by atoms with Gasteiger partial charge in [-0.05, 0) is 13.1 Å². The predicted octanol–water partition coefficient (Wildman–Crippen LogP) is 0.387. The average Bonchev–Trinajstić information content (AvgIpc) is 2.48. The number of rotatable bonds is 16. The molecule has 0 aromatic rings. The van der Waals surface area contributed by atoms with Gasteiger partial charge in [0.25, 0.3) is 0 Å². The van der Waals surface area contributed by atoms with E-state index in [1.807, 2.05) is 0 Å². The zero-order valence-electron chi connectivity index (χ0n) is 13.0. The van der Waals surface area contributed by atoms with Crippen molar-refractivity contribution in [3.8, 4) is 0 Å². The number of hydrogen-bond acceptors (Lipinski definition) is 6. The zero-order chi connectivity index (χ0) is 14.9. The molecule has 0 saturated carbocycles. The molecule has 20 heavy (non-hydrogen) atoms. The van der Waals surface area contributed by atoms with Crippen LogP contribution in [-0.4, -0.2) is 89.1 Å². The van der Waals surface area contributed by atoms with Crippen molar-refractivity contribution < 1.29 is 24.1 Å². The fraction of sp³-hybridized carbons (Fsp3) is 1.00. The molecule has 0 aliphatic heterocycles. The van der Waals surface area contributed by atoms with E-state index in [0.717, 1.165) is 26.2 Å². The molecule has 0 aliphatic carbocycles. The Morgan fingerprint density at radius 2 is 1.05 bits per heavy atom. The molecule has 0 fully saturated rings. The van der Waals surface area contributed by atoms with Gasteiger partial charge in [0, 0.05) is 6.54 Å². The highest BCUT2D eigenvalue weighted by Crippen LogP contribution is 1.87. The number of aliphatic hydroxyl groups is 1. The van der Waals surface area contributed by atoms with Crippen molar-refractivity contribution in [2.24, 2.45) is 0 Å². The van der Waals surface area contributed by atoms with E-state index >= 15 is 0 Å². The lowest BCUT2D eigenvalue weighted by Crippen LogP contribution is -2.27. The molecule has 0 amide bonds. The predicted molar refractivity (Wildman–Crippen MR) is 78.1 cm³/mol. The third-order valence-corrected chi connectivity index (χ3v) is 2.80. The van der Waals surface area contributed by atoms with Crippen molar-refractivity contribution in [1.29, 1.82) is 0 Å². The highest BCUT2D eigenvalue weighted by molar-refractivity contribution is 4.50. The minimum absolute atomic E-state index is 0.0530. The molecular formula is C14H31NO5. The first-order chi connectivity index (χ1) is 9.85. The van der Waals surface area contributed by atoms with Gasteiger partial charge >= 0.3 is 0 Å². The van der Waals surface area contributed by atoms with Gasteiger partial charge in [-0.1, -0.05) is 13.8 Å². The van der Waals surface area contributed by atoms with Gasteiger partial charge in [-0.15, -0.1) is 0 Å². The Bertz CT molecular complexity index is 179. The molecule has 6 nitrogen and oxygen atoms in total. The van der Waals surface area contributed by atoms with Crippen molar-refractivity contribution in [3.63, 3.8) is 0 Å². The number of likely N-dealkylation sites (N-methyl/N-ethyl adjacent to an activating group) is 1. The Balaban J connectivity index is 3.02. The monoisotopic (exact) mass is 293 g/mol. The molecule has 1 N–H and O–H groups in total. The van der Waals surface area contributed by atoms with Gasteiger partial charge in [0.05, 0.1) is 59.5 Å². The quantitative estimate of drug-likeness (QED) is 0.415. The van der Waals surface area contributed by atoms with E-state index in [1.165, 1.54) is 0 Å². The van der Waals surface area contributed by atoms with Gasteiger partial charge in [-0.3, -0.25) is 0 Å². The van der Waals surface area contributed by atoms with Gasteiger partial charge in [-0.25, -0.2) is 0 Å². The second-order valence-corrected chi connectivity index (χ2v) is 4.20. The molecule has 0 aromatic carbocycles. The van der Waals surface area contributed by atoms with Crippen LogP contribution in [0.2, 0.25) is 0 Å². The van der Waals surface area contributed by atoms with Crippen molar-refractivity contribution >= 4 is 0 Å². The maximum atomic E-state index is 8.49. The lowest BCUT2D eigenvalue weighted by Gasteiger charge is -2.17. The first kappa shape index (κ1) is 19.8. The summed E-state index contributed by atoms with van der Waals surface area (Å²) in [5, 5.41) is 8.49. The van der Waals surface area contributed by atoms with Gasteiger partial charge in [-0.2, -0.15) is 0 Å². The van der Waals surface area contributed by atoms with E-state index in [1.54, 1.807) is 0 Å². The van der Waals surface area contributed by atoms with E-state index in [4.69, 9.17) is 24.1 Å². The van der Waals surface area contributed by atoms with Crippen LogP contribution in [0.15, 0.2) is 0 Å². The Labute approximate surface area is 122 Å². The third-order valence-electron chi connectivity index (χ3n) is 2.80. The first-order valence-electron chi connectivity index (χ1n) is 7.49. The van der Waals surface area contributed by atoms with Gasteiger partial charge in [0.2, 0.25) is 0 Å². The smallest absolute Gasteiger partial charge is 0.0701 e. The van der Waals surface area contributed by atoms with Crippen LogP contribution in [-0.2, 0) is 18.9 Å². The van der Waals surface area contributed by atoms with Crippen LogP contribution in [0.25, 0.3) is 0 Å². The molecular weight excluding hydrogens is 262 g/mol. The molecule has 0 heterocycles. The van der Waals surface area contributed by atoms with Crippen molar-refractivity contribution in [1.82, 2.24) is 4.90 Å². The molecule has 0 bridgehead atoms. The van der Waals surface area contributed by atoms with Crippen molar-refractivity contribution in [2.75, 3.05) is 79.1 Å². The van der Waals surface area contributed by atoms with Crippen LogP contribution in [0.4, 0.5) is 0 Å². The van der Waals surface area contributed by atoms with E-state index in [9.17, 15) is 0 Å². The lowest BCUT2D eigenvalue weighted by molar-refractivity contribution is -0.00701. The fourth-order valence-electron chi connectivity index (χ4n) is 1.56. The molecule has 122 valence electrons. The summed E-state index contributed by atoms with van der Waals surface area (Å²) >= 11 is 0. The SMILES string of the molecule is CCN(CC)CCOCCOCCOCCOCCO. The highest BCUT2D eigenvalue weighted by atomic mass is 16.6. The Morgan fingerprint density at radius 1 is 0.650 bits per heavy atom. The molecule has 0 saturated heterocycles. The standard InChI is InChI=1S/C14H31NO5/c1-3-15(4-2)5-7-17-9-11-19-13-14-20-12-10-18-8-6-16/h16H,3-14H2,1-2H3. The third kappa shape index (κ3) is 14.2. The van der Waals surface area contributed by atoms with Crippen LogP contribution in [0.3, 0.4) is 0 Å². The summed E-state index contributed by atoms with van der Waals surface area (Å²) in [4.78, 5) is 2.33. The maximum Gasteiger partial charge on any atom is 0.0701 e. The summed E-state index contributed by atoms with van der Waals surface area (Å²) in [6.07, 6.45) is 0. The minimum atomic E-state index is 0.0530. The molecule has 6 heteroatoms. The van der Waals surface area contributed by atoms with Crippen molar-refractivity contribution in [2.45, 2.75) is 13.8 Å². The minimum Gasteiger partial charge on any atom is -0.394 e. The average molecular weight is 293 g/mol. The van der Waals surface area contributed by atoms with E-state index in [-0.39, 0.29) is 6.61 Å². The van der Waals surface area contributed by atoms with Crippen LogP contribution in [0, 0.1) is 0 Å². The Morgan fingerprint density at radius 3 is 1.45 bits per heavy atom. The van der Waals surface area contributed by atoms with Crippen molar-refractivity contribution in [3.05, 3.63) is 0 Å². The molecule has 0 rings (SSSR count). The first-order valence-corrected chi connectivity index (χ1v) is 7.49. The molecule has 0 radical (unpaired) electrons. The Kier molecular flexibility index (Phi) is 16.6. The Hall–Kier alpha value is -0.240. The summed E-state index contributed by atoms with van der Waals surface area (Å²) < 4.78 is 21.2. The summed E-state index contributed by atoms with van der Waals surface area (Å²) in [6.45, 7) is 12.0. The lowest BCUT2D eigenvalue weighted by atomic mass is 10.5. The maximum absolute atomic E-state index is 8.49. The van der Waals surface area contributed by atoms with Crippen LogP contribution < -0.4 is 0 Å². The molecule has 0 atom stereocenters. The molecule has 0 spiro atoms. The zero-order valence-corrected chi connectivity index (χ0v) is 13.0. The second kappa shape index (κ2) is 16.8. The molecule has 0 aromatic heterocycles. The van der Waals surface area contributed by atoms with Gasteiger partial charge in [0.15, 0.2) is 0 Å². The number of hydrogen-bond donors (Lipinski definition) is 1. The van der Waals surface area contributed by atoms with Gasteiger partial charge in [0.1, 0.15) is 0 Å². The van der Waals surface area contributed by atoms with E-state index in [0.29, 0.717) is 46.2 Å². The summed E-state index contributed by atoms with van der Waals surface area (Å²) in [5.74, 6) is 0. The van der Waals surface area contributed by atoms with E-state index in [2.05, 4.69) is 18.7 Å². The number of nitrogens with zero attached hydrogens (tertiary/aromatic N) is 1. The normalized spacial score (nSPS) is 11.4. The molecule has 0 aliphatic rings. The summed E-state index contributed by atoms with van der Waals surface area (Å²) in [5.41, 5.74) is 0. The number of aliphatic hydroxyl groups excluding tert-OH is 1. The van der Waals surface area contributed by atoms with Gasteiger partial charge < -0.3 is 29.0 Å². The second-order valence-electron chi connectivity index (χ2n) is 4.20.